The maximum atomic E-state index is 13.5. The molecule has 0 N–H and O–H groups in total. The van der Waals surface area contributed by atoms with Crippen LogP contribution in [0.5, 0.6) is 5.75 Å². The van der Waals surface area contributed by atoms with E-state index in [1.165, 1.54) is 12.1 Å². The number of hydrogen-bond donors (Lipinski definition) is 0. The quantitative estimate of drug-likeness (QED) is 0.793. The highest BCUT2D eigenvalue weighted by Gasteiger charge is 2.23. The summed E-state index contributed by atoms with van der Waals surface area (Å²) in [4.78, 5) is -0.899. The molecule has 106 valence electrons. The summed E-state index contributed by atoms with van der Waals surface area (Å²) in [5, 5.41) is 0.271. The van der Waals surface area contributed by atoms with E-state index in [-0.39, 0.29) is 15.8 Å². The van der Waals surface area contributed by atoms with Crippen LogP contribution in [-0.4, -0.2) is 8.42 Å². The Kier molecular flexibility index (Phi) is 4.17. The van der Waals surface area contributed by atoms with Crippen molar-refractivity contribution >= 4 is 33.3 Å². The van der Waals surface area contributed by atoms with E-state index < -0.39 is 26.6 Å². The molecule has 0 bridgehead atoms. The molecule has 0 aliphatic rings. The normalized spacial score (nSPS) is 11.4. The van der Waals surface area contributed by atoms with Crippen LogP contribution < -0.4 is 4.18 Å². The van der Waals surface area contributed by atoms with Gasteiger partial charge < -0.3 is 4.18 Å². The Balaban J connectivity index is 2.41. The lowest BCUT2D eigenvalue weighted by molar-refractivity contribution is 0.456. The third-order valence-electron chi connectivity index (χ3n) is 2.28. The van der Waals surface area contributed by atoms with Gasteiger partial charge in [-0.3, -0.25) is 0 Å². The molecule has 0 aliphatic heterocycles. The number of benzene rings is 2. The minimum atomic E-state index is -4.51. The van der Waals surface area contributed by atoms with Crippen LogP contribution in [0.1, 0.15) is 0 Å². The van der Waals surface area contributed by atoms with E-state index in [2.05, 4.69) is 4.18 Å². The van der Waals surface area contributed by atoms with Gasteiger partial charge in [-0.2, -0.15) is 8.42 Å². The maximum absolute atomic E-state index is 13.5. The molecule has 3 nitrogen and oxygen atoms in total. The first-order valence-corrected chi connectivity index (χ1v) is 7.31. The average Bonchev–Trinajstić information content (AvgIpc) is 2.36. The highest BCUT2D eigenvalue weighted by atomic mass is 35.5. The lowest BCUT2D eigenvalue weighted by Gasteiger charge is -2.08. The Morgan fingerprint density at radius 3 is 2.35 bits per heavy atom. The third kappa shape index (κ3) is 3.03. The van der Waals surface area contributed by atoms with Crippen LogP contribution in [0.4, 0.5) is 8.78 Å². The Bertz CT molecular complexity index is 763. The molecule has 0 spiro atoms. The summed E-state index contributed by atoms with van der Waals surface area (Å²) in [5.41, 5.74) is 0. The molecule has 0 aliphatic carbocycles. The summed E-state index contributed by atoms with van der Waals surface area (Å²) in [6.07, 6.45) is 0. The number of halogens is 4. The summed E-state index contributed by atoms with van der Waals surface area (Å²) in [6.45, 7) is 0. The van der Waals surface area contributed by atoms with Crippen molar-refractivity contribution in [3.63, 3.8) is 0 Å². The second kappa shape index (κ2) is 5.55. The van der Waals surface area contributed by atoms with E-state index in [9.17, 15) is 17.2 Å². The van der Waals surface area contributed by atoms with Gasteiger partial charge in [-0.15, -0.1) is 0 Å². The molecule has 8 heteroatoms. The van der Waals surface area contributed by atoms with Gasteiger partial charge >= 0.3 is 10.1 Å². The molecule has 0 amide bonds. The van der Waals surface area contributed by atoms with Crippen molar-refractivity contribution in [2.24, 2.45) is 0 Å². The van der Waals surface area contributed by atoms with E-state index in [0.717, 1.165) is 24.3 Å². The van der Waals surface area contributed by atoms with Crippen molar-refractivity contribution in [2.75, 3.05) is 0 Å². The lowest BCUT2D eigenvalue weighted by Crippen LogP contribution is -2.12. The van der Waals surface area contributed by atoms with Gasteiger partial charge in [-0.25, -0.2) is 8.78 Å². The lowest BCUT2D eigenvalue weighted by atomic mass is 10.3. The molecule has 0 atom stereocenters. The zero-order chi connectivity index (χ0) is 14.9. The Morgan fingerprint density at radius 1 is 1.00 bits per heavy atom. The fourth-order valence-corrected chi connectivity index (χ4v) is 2.67. The standard InChI is InChI=1S/C12H6Cl2F2O3S/c13-8-5-4-7(6-9(8)14)19-20(17,18)11-3-1-2-10(15)12(11)16/h1-6H. The minimum absolute atomic E-state index is 0.0686. The fourth-order valence-electron chi connectivity index (χ4n) is 1.38. The summed E-state index contributed by atoms with van der Waals surface area (Å²) in [5.74, 6) is -2.96. The zero-order valence-electron chi connectivity index (χ0n) is 9.61. The number of rotatable bonds is 3. The van der Waals surface area contributed by atoms with E-state index in [1.807, 2.05) is 0 Å². The van der Waals surface area contributed by atoms with Gasteiger partial charge in [-0.05, 0) is 24.3 Å². The molecule has 0 saturated carbocycles. The van der Waals surface area contributed by atoms with Crippen LogP contribution in [-0.2, 0) is 10.1 Å². The molecule has 0 unspecified atom stereocenters. The smallest absolute Gasteiger partial charge is 0.342 e. The van der Waals surface area contributed by atoms with Crippen molar-refractivity contribution in [2.45, 2.75) is 4.90 Å². The molecular formula is C12H6Cl2F2O3S. The second-order valence-corrected chi connectivity index (χ2v) is 5.99. The summed E-state index contributed by atoms with van der Waals surface area (Å²) in [6, 6.07) is 6.46. The first kappa shape index (κ1) is 15.0. The Hall–Kier alpha value is -1.37. The molecule has 2 rings (SSSR count). The van der Waals surface area contributed by atoms with Gasteiger partial charge in [0.1, 0.15) is 10.6 Å². The van der Waals surface area contributed by atoms with E-state index >= 15 is 0 Å². The summed E-state index contributed by atoms with van der Waals surface area (Å²) < 4.78 is 54.9. The highest BCUT2D eigenvalue weighted by molar-refractivity contribution is 7.87. The van der Waals surface area contributed by atoms with Crippen molar-refractivity contribution in [3.8, 4) is 5.75 Å². The van der Waals surface area contributed by atoms with Crippen molar-refractivity contribution in [1.82, 2.24) is 0 Å². The van der Waals surface area contributed by atoms with Crippen LogP contribution in [0.3, 0.4) is 0 Å². The second-order valence-electron chi connectivity index (χ2n) is 3.67. The maximum Gasteiger partial charge on any atom is 0.342 e. The Labute approximate surface area is 123 Å². The van der Waals surface area contributed by atoms with Crippen LogP contribution in [0.2, 0.25) is 10.0 Å². The molecule has 2 aromatic carbocycles. The Morgan fingerprint density at radius 2 is 1.70 bits per heavy atom. The first-order valence-electron chi connectivity index (χ1n) is 5.15. The highest BCUT2D eigenvalue weighted by Crippen LogP contribution is 2.28. The minimum Gasteiger partial charge on any atom is -0.379 e. The molecule has 0 saturated heterocycles. The molecule has 0 radical (unpaired) electrons. The topological polar surface area (TPSA) is 43.4 Å². The van der Waals surface area contributed by atoms with Crippen molar-refractivity contribution in [1.29, 1.82) is 0 Å². The van der Waals surface area contributed by atoms with Crippen LogP contribution in [0.25, 0.3) is 0 Å². The van der Waals surface area contributed by atoms with Gasteiger partial charge in [-0.1, -0.05) is 29.3 Å². The van der Waals surface area contributed by atoms with Crippen molar-refractivity contribution < 1.29 is 21.4 Å². The van der Waals surface area contributed by atoms with Gasteiger partial charge in [0.05, 0.1) is 10.0 Å². The third-order valence-corrected chi connectivity index (χ3v) is 4.29. The summed E-state index contributed by atoms with van der Waals surface area (Å²) in [7, 11) is -4.51. The fraction of sp³-hybridized carbons (Fsp3) is 0. The molecular weight excluding hydrogens is 333 g/mol. The summed E-state index contributed by atoms with van der Waals surface area (Å²) >= 11 is 11.4. The van der Waals surface area contributed by atoms with Gasteiger partial charge in [0.2, 0.25) is 0 Å². The van der Waals surface area contributed by atoms with Crippen LogP contribution in [0.15, 0.2) is 41.3 Å². The van der Waals surface area contributed by atoms with Crippen molar-refractivity contribution in [3.05, 3.63) is 58.1 Å². The predicted octanol–water partition coefficient (Wildman–Crippen LogP) is 4.04. The monoisotopic (exact) mass is 338 g/mol. The van der Waals surface area contributed by atoms with Gasteiger partial charge in [0.25, 0.3) is 0 Å². The largest absolute Gasteiger partial charge is 0.379 e. The molecule has 2 aromatic rings. The SMILES string of the molecule is O=S(=O)(Oc1ccc(Cl)c(Cl)c1)c1cccc(F)c1F. The van der Waals surface area contributed by atoms with E-state index in [0.29, 0.717) is 0 Å². The van der Waals surface area contributed by atoms with Gasteiger partial charge in [0, 0.05) is 6.07 Å². The van der Waals surface area contributed by atoms with Gasteiger partial charge in [0.15, 0.2) is 11.6 Å². The van der Waals surface area contributed by atoms with E-state index in [1.54, 1.807) is 0 Å². The molecule has 0 fully saturated rings. The first-order chi connectivity index (χ1) is 9.31. The van der Waals surface area contributed by atoms with E-state index in [4.69, 9.17) is 23.2 Å². The molecule has 0 aromatic heterocycles. The van der Waals surface area contributed by atoms with Crippen LogP contribution in [0, 0.1) is 11.6 Å². The average molecular weight is 339 g/mol. The molecule has 20 heavy (non-hydrogen) atoms. The predicted molar refractivity (Wildman–Crippen MR) is 70.6 cm³/mol. The van der Waals surface area contributed by atoms with Crippen LogP contribution >= 0.6 is 23.2 Å². The molecule has 0 heterocycles. The zero-order valence-corrected chi connectivity index (χ0v) is 11.9. The number of hydrogen-bond acceptors (Lipinski definition) is 3.